The number of fused-ring (bicyclic) bond motifs is 2. The van der Waals surface area contributed by atoms with Gasteiger partial charge < -0.3 is 9.68 Å². The van der Waals surface area contributed by atoms with Crippen molar-refractivity contribution < 1.29 is 19.3 Å². The Morgan fingerprint density at radius 3 is 2.33 bits per heavy atom. The van der Waals surface area contributed by atoms with Gasteiger partial charge in [-0.2, -0.15) is 5.10 Å². The van der Waals surface area contributed by atoms with Crippen LogP contribution < -0.4 is 10.9 Å². The zero-order valence-corrected chi connectivity index (χ0v) is 20.7. The lowest BCUT2D eigenvalue weighted by Gasteiger charge is -2.32. The molecule has 0 bridgehead atoms. The molecule has 39 heavy (non-hydrogen) atoms. The number of aromatic nitrogens is 2. The Kier molecular flexibility index (Phi) is 6.22. The SMILES string of the molecule is Cc1cccc(C(=O)N2N=C(OB3c4ccccc4C=NN3C(=O)c3ccccn3)c3ccccc3B2O)n1. The van der Waals surface area contributed by atoms with Gasteiger partial charge in [0.05, 0.1) is 6.21 Å². The van der Waals surface area contributed by atoms with Gasteiger partial charge in [-0.15, -0.1) is 5.10 Å². The summed E-state index contributed by atoms with van der Waals surface area (Å²) in [5.74, 6) is -1.05. The molecule has 0 spiro atoms. The van der Waals surface area contributed by atoms with Crippen molar-refractivity contribution in [2.24, 2.45) is 10.2 Å². The van der Waals surface area contributed by atoms with Crippen LogP contribution in [0.2, 0.25) is 0 Å². The molecule has 10 nitrogen and oxygen atoms in total. The first-order valence-corrected chi connectivity index (χ1v) is 12.2. The van der Waals surface area contributed by atoms with E-state index in [0.29, 0.717) is 22.2 Å². The molecule has 12 heteroatoms. The minimum Gasteiger partial charge on any atom is -0.521 e. The maximum Gasteiger partial charge on any atom is 0.545 e. The molecular formula is C27H20B2N6O4. The van der Waals surface area contributed by atoms with Gasteiger partial charge in [0.1, 0.15) is 11.4 Å². The lowest BCUT2D eigenvalue weighted by Crippen LogP contribution is -2.58. The number of pyridine rings is 2. The zero-order chi connectivity index (χ0) is 26.9. The minimum atomic E-state index is -1.37. The van der Waals surface area contributed by atoms with Crippen molar-refractivity contribution in [2.75, 3.05) is 0 Å². The summed E-state index contributed by atoms with van der Waals surface area (Å²) in [4.78, 5) is 37.5. The molecule has 2 aliphatic heterocycles. The molecule has 2 aliphatic rings. The van der Waals surface area contributed by atoms with Crippen LogP contribution in [0.1, 0.15) is 37.8 Å². The van der Waals surface area contributed by atoms with Crippen molar-refractivity contribution in [3.8, 4) is 0 Å². The number of carbonyl (C=O) groups is 2. The Morgan fingerprint density at radius 2 is 1.54 bits per heavy atom. The summed E-state index contributed by atoms with van der Waals surface area (Å²) in [7, 11) is -2.40. The molecule has 0 saturated carbocycles. The lowest BCUT2D eigenvalue weighted by atomic mass is 9.67. The first-order valence-electron chi connectivity index (χ1n) is 12.2. The van der Waals surface area contributed by atoms with Gasteiger partial charge in [0, 0.05) is 17.5 Å². The lowest BCUT2D eigenvalue weighted by molar-refractivity contribution is 0.0823. The normalized spacial score (nSPS) is 13.9. The molecule has 0 unspecified atom stereocenters. The molecule has 6 rings (SSSR count). The summed E-state index contributed by atoms with van der Waals surface area (Å²) >= 11 is 0. The molecule has 0 saturated heterocycles. The van der Waals surface area contributed by atoms with Crippen molar-refractivity contribution in [3.05, 3.63) is 119 Å². The van der Waals surface area contributed by atoms with Crippen molar-refractivity contribution in [1.29, 1.82) is 0 Å². The summed E-state index contributed by atoms with van der Waals surface area (Å²) < 4.78 is 6.42. The maximum atomic E-state index is 13.5. The molecule has 4 aromatic rings. The Morgan fingerprint density at radius 1 is 0.821 bits per heavy atom. The fourth-order valence-electron chi connectivity index (χ4n) is 4.43. The quantitative estimate of drug-likeness (QED) is 0.411. The third-order valence-corrected chi connectivity index (χ3v) is 6.34. The molecule has 0 fully saturated rings. The highest BCUT2D eigenvalue weighted by Crippen LogP contribution is 2.19. The fourth-order valence-corrected chi connectivity index (χ4v) is 4.43. The highest BCUT2D eigenvalue weighted by molar-refractivity contribution is 6.72. The molecule has 0 radical (unpaired) electrons. The highest BCUT2D eigenvalue weighted by atomic mass is 16.5. The molecule has 0 atom stereocenters. The number of rotatable bonds is 3. The number of carbonyl (C=O) groups excluding carboxylic acids is 2. The third-order valence-electron chi connectivity index (χ3n) is 6.34. The van der Waals surface area contributed by atoms with Crippen LogP contribution in [-0.2, 0) is 4.65 Å². The van der Waals surface area contributed by atoms with Gasteiger partial charge in [-0.3, -0.25) is 14.6 Å². The van der Waals surface area contributed by atoms with Crippen LogP contribution in [-0.4, -0.2) is 62.9 Å². The van der Waals surface area contributed by atoms with Crippen molar-refractivity contribution in [3.63, 3.8) is 0 Å². The second kappa shape index (κ2) is 9.99. The first kappa shape index (κ1) is 24.3. The maximum absolute atomic E-state index is 13.5. The second-order valence-corrected chi connectivity index (χ2v) is 8.89. The van der Waals surface area contributed by atoms with Crippen molar-refractivity contribution in [2.45, 2.75) is 6.92 Å². The number of aryl methyl sites for hydroxylation is 1. The van der Waals surface area contributed by atoms with E-state index in [-0.39, 0.29) is 17.3 Å². The minimum absolute atomic E-state index is 0.0348. The highest BCUT2D eigenvalue weighted by Gasteiger charge is 2.43. The molecule has 2 aromatic heterocycles. The Hall–Kier alpha value is -5.09. The summed E-state index contributed by atoms with van der Waals surface area (Å²) in [5.41, 5.74) is 3.27. The number of benzene rings is 2. The van der Waals surface area contributed by atoms with E-state index in [2.05, 4.69) is 20.2 Å². The summed E-state index contributed by atoms with van der Waals surface area (Å²) in [6, 6.07) is 24.4. The van der Waals surface area contributed by atoms with Gasteiger partial charge in [-0.1, -0.05) is 54.6 Å². The largest absolute Gasteiger partial charge is 0.545 e. The van der Waals surface area contributed by atoms with Gasteiger partial charge in [0.2, 0.25) is 5.90 Å². The Labute approximate surface area is 224 Å². The van der Waals surface area contributed by atoms with E-state index in [9.17, 15) is 14.6 Å². The van der Waals surface area contributed by atoms with E-state index < -0.39 is 25.9 Å². The van der Waals surface area contributed by atoms with Gasteiger partial charge in [0.25, 0.3) is 11.8 Å². The number of hydrogen-bond acceptors (Lipinski definition) is 8. The Balaban J connectivity index is 1.43. The molecule has 2 aromatic carbocycles. The van der Waals surface area contributed by atoms with E-state index in [1.54, 1.807) is 73.8 Å². The van der Waals surface area contributed by atoms with Crippen LogP contribution in [0.15, 0.2) is 101 Å². The zero-order valence-electron chi connectivity index (χ0n) is 20.7. The van der Waals surface area contributed by atoms with Crippen LogP contribution >= 0.6 is 0 Å². The summed E-state index contributed by atoms with van der Waals surface area (Å²) in [6.07, 6.45) is 3.10. The molecule has 0 aliphatic carbocycles. The average Bonchev–Trinajstić information content (AvgIpc) is 2.98. The predicted molar refractivity (Wildman–Crippen MR) is 147 cm³/mol. The number of nitrogens with zero attached hydrogens (tertiary/aromatic N) is 6. The monoisotopic (exact) mass is 514 g/mol. The van der Waals surface area contributed by atoms with E-state index in [1.807, 2.05) is 24.3 Å². The van der Waals surface area contributed by atoms with Crippen LogP contribution in [0.3, 0.4) is 0 Å². The molecular weight excluding hydrogens is 494 g/mol. The average molecular weight is 514 g/mol. The topological polar surface area (TPSA) is 121 Å². The predicted octanol–water partition coefficient (Wildman–Crippen LogP) is 1.19. The standard InChI is InChI=1S/C27H20B2N6O4/c1-18-9-8-15-24(32-18)27(37)34-28(38)22-13-5-3-11-20(22)25(33-34)39-29-21-12-4-2-10-19(21)17-31-35(29)26(36)23-14-6-7-16-30-23/h2-17,38H,1H3. The van der Waals surface area contributed by atoms with Crippen LogP contribution in [0.4, 0.5) is 0 Å². The molecule has 4 heterocycles. The van der Waals surface area contributed by atoms with E-state index in [4.69, 9.17) is 4.65 Å². The molecule has 1 N–H and O–H groups in total. The van der Waals surface area contributed by atoms with E-state index in [0.717, 1.165) is 10.5 Å². The Bertz CT molecular complexity index is 1650. The van der Waals surface area contributed by atoms with E-state index >= 15 is 0 Å². The van der Waals surface area contributed by atoms with Crippen LogP contribution in [0.25, 0.3) is 0 Å². The second-order valence-electron chi connectivity index (χ2n) is 8.89. The van der Waals surface area contributed by atoms with Gasteiger partial charge in [-0.25, -0.2) is 14.8 Å². The van der Waals surface area contributed by atoms with Crippen LogP contribution in [0.5, 0.6) is 0 Å². The smallest absolute Gasteiger partial charge is 0.521 e. The summed E-state index contributed by atoms with van der Waals surface area (Å²) in [5, 5.41) is 19.9. The number of amides is 2. The van der Waals surface area contributed by atoms with Crippen molar-refractivity contribution >= 4 is 49.0 Å². The van der Waals surface area contributed by atoms with Crippen LogP contribution in [0, 0.1) is 6.92 Å². The van der Waals surface area contributed by atoms with Gasteiger partial charge >= 0.3 is 14.1 Å². The number of hydrogen-bond donors (Lipinski definition) is 1. The third kappa shape index (κ3) is 4.47. The molecule has 188 valence electrons. The number of hydrazone groups is 2. The first-order chi connectivity index (χ1) is 19.0. The van der Waals surface area contributed by atoms with Gasteiger partial charge in [0.15, 0.2) is 0 Å². The fraction of sp³-hybridized carbons (Fsp3) is 0.0370. The molecule has 2 amide bonds. The van der Waals surface area contributed by atoms with Crippen molar-refractivity contribution in [1.82, 2.24) is 19.8 Å². The van der Waals surface area contributed by atoms with Gasteiger partial charge in [-0.05, 0) is 53.7 Å². The summed E-state index contributed by atoms with van der Waals surface area (Å²) in [6.45, 7) is 1.77. The van der Waals surface area contributed by atoms with E-state index in [1.165, 1.54) is 11.1 Å².